The second-order valence-corrected chi connectivity index (χ2v) is 9.96. The molecule has 0 radical (unpaired) electrons. The van der Waals surface area contributed by atoms with E-state index in [1.807, 2.05) is 4.72 Å². The van der Waals surface area contributed by atoms with Crippen LogP contribution in [0.1, 0.15) is 43.0 Å². The Balaban J connectivity index is 1.71. The molecule has 0 aromatic heterocycles. The molecule has 1 aliphatic carbocycles. The van der Waals surface area contributed by atoms with Crippen molar-refractivity contribution in [3.8, 4) is 0 Å². The topological polar surface area (TPSA) is 75.3 Å². The molecule has 3 rings (SSSR count). The lowest BCUT2D eigenvalue weighted by Crippen LogP contribution is -2.31. The molecule has 11 heteroatoms. The lowest BCUT2D eigenvalue weighted by Gasteiger charge is -2.18. The van der Waals surface area contributed by atoms with Gasteiger partial charge in [0.25, 0.3) is 0 Å². The van der Waals surface area contributed by atoms with Gasteiger partial charge in [-0.25, -0.2) is 17.2 Å². The minimum Gasteiger partial charge on any atom is -0.349 e. The third kappa shape index (κ3) is 5.03. The smallest absolute Gasteiger partial charge is 0.349 e. The van der Waals surface area contributed by atoms with Crippen molar-refractivity contribution in [2.24, 2.45) is 5.92 Å². The molecule has 2 aromatic carbocycles. The molecule has 1 fully saturated rings. The molecule has 0 spiro atoms. The number of hydrogen-bond acceptors (Lipinski definition) is 3. The van der Waals surface area contributed by atoms with Crippen LogP contribution in [0.3, 0.4) is 0 Å². The van der Waals surface area contributed by atoms with Crippen molar-refractivity contribution in [2.75, 3.05) is 11.0 Å². The molecule has 1 aliphatic rings. The minimum atomic E-state index is -4.46. The number of sulfonamides is 1. The summed E-state index contributed by atoms with van der Waals surface area (Å²) in [6, 6.07) is 5.15. The van der Waals surface area contributed by atoms with Crippen LogP contribution in [0.5, 0.6) is 0 Å². The zero-order chi connectivity index (χ0) is 24.1. The van der Waals surface area contributed by atoms with E-state index in [1.165, 1.54) is 19.1 Å². The van der Waals surface area contributed by atoms with Crippen molar-refractivity contribution in [2.45, 2.75) is 37.9 Å². The normalized spacial score (nSPS) is 21.7. The fourth-order valence-corrected chi connectivity index (χ4v) is 4.23. The van der Waals surface area contributed by atoms with Gasteiger partial charge in [-0.2, -0.15) is 13.2 Å². The maximum Gasteiger partial charge on any atom is 0.416 e. The Morgan fingerprint density at radius 1 is 1.12 bits per heavy atom. The quantitative estimate of drug-likeness (QED) is 0.603. The van der Waals surface area contributed by atoms with Crippen LogP contribution in [0.4, 0.5) is 27.6 Å². The lowest BCUT2D eigenvalue weighted by molar-refractivity contribution is -0.137. The third-order valence-electron chi connectivity index (χ3n) is 5.63. The van der Waals surface area contributed by atoms with E-state index >= 15 is 0 Å². The number of carbonyl (C=O) groups excluding carboxylic acids is 1. The summed E-state index contributed by atoms with van der Waals surface area (Å²) < 4.78 is 91.2. The van der Waals surface area contributed by atoms with Gasteiger partial charge >= 0.3 is 6.18 Å². The maximum atomic E-state index is 14.4. The molecule has 0 saturated heterocycles. The van der Waals surface area contributed by atoms with E-state index in [4.69, 9.17) is 0 Å². The lowest BCUT2D eigenvalue weighted by atomic mass is 9.94. The summed E-state index contributed by atoms with van der Waals surface area (Å²) in [5.41, 5.74) is -1.60. The molecule has 2 N–H and O–H groups in total. The number of nitrogens with one attached hydrogen (secondary N) is 2. The first-order valence-corrected chi connectivity index (χ1v) is 11.5. The number of hydrogen-bond donors (Lipinski definition) is 2. The number of carbonyl (C=O) groups is 1. The molecular formula is C21H21F5N2O3S. The largest absolute Gasteiger partial charge is 0.416 e. The van der Waals surface area contributed by atoms with Crippen LogP contribution in [0.2, 0.25) is 0 Å². The standard InChI is InChI=1S/C21H21F5N2O3S/c1-11(14-8-17(23)18(9-16(14)22)28-32(3,30)31)27-19(29)15-10-20(15,2)12-4-6-13(7-5-12)21(24,25)26/h4-9,11,15,28H,10H2,1-3H3,(H,27,29)/t11?,15-,20+/m0/s1. The predicted molar refractivity (Wildman–Crippen MR) is 108 cm³/mol. The fourth-order valence-electron chi connectivity index (χ4n) is 3.67. The second kappa shape index (κ2) is 8.02. The van der Waals surface area contributed by atoms with E-state index in [0.717, 1.165) is 24.5 Å². The molecule has 0 aliphatic heterocycles. The number of rotatable bonds is 6. The number of benzene rings is 2. The van der Waals surface area contributed by atoms with Crippen molar-refractivity contribution >= 4 is 21.6 Å². The van der Waals surface area contributed by atoms with Crippen molar-refractivity contribution in [1.82, 2.24) is 5.32 Å². The molecule has 3 atom stereocenters. The van der Waals surface area contributed by atoms with Gasteiger partial charge in [0.2, 0.25) is 15.9 Å². The number of alkyl halides is 3. The first-order valence-electron chi connectivity index (χ1n) is 9.56. The average Bonchev–Trinajstić information content (AvgIpc) is 3.36. The molecule has 1 saturated carbocycles. The van der Waals surface area contributed by atoms with Gasteiger partial charge < -0.3 is 5.32 Å². The summed E-state index contributed by atoms with van der Waals surface area (Å²) in [4.78, 5) is 12.7. The number of halogens is 5. The van der Waals surface area contributed by atoms with E-state index in [2.05, 4.69) is 5.32 Å². The Morgan fingerprint density at radius 2 is 1.72 bits per heavy atom. The zero-order valence-corrected chi connectivity index (χ0v) is 18.2. The van der Waals surface area contributed by atoms with E-state index in [1.54, 1.807) is 6.92 Å². The SMILES string of the molecule is CC(NC(=O)[C@@H]1C[C@]1(C)c1ccc(C(F)(F)F)cc1)c1cc(F)c(NS(C)(=O)=O)cc1F. The Hall–Kier alpha value is -2.69. The van der Waals surface area contributed by atoms with Crippen LogP contribution in [0.15, 0.2) is 36.4 Å². The van der Waals surface area contributed by atoms with E-state index < -0.39 is 62.4 Å². The highest BCUT2D eigenvalue weighted by atomic mass is 32.2. The zero-order valence-electron chi connectivity index (χ0n) is 17.3. The molecule has 174 valence electrons. The van der Waals surface area contributed by atoms with Gasteiger partial charge in [-0.05, 0) is 37.1 Å². The summed E-state index contributed by atoms with van der Waals surface area (Å²) in [6.45, 7) is 3.19. The van der Waals surface area contributed by atoms with Crippen LogP contribution in [0.25, 0.3) is 0 Å². The number of anilines is 1. The van der Waals surface area contributed by atoms with Crippen molar-refractivity contribution in [3.63, 3.8) is 0 Å². The van der Waals surface area contributed by atoms with Gasteiger partial charge in [0, 0.05) is 23.0 Å². The molecule has 0 bridgehead atoms. The predicted octanol–water partition coefficient (Wildman–Crippen LogP) is 4.51. The van der Waals surface area contributed by atoms with Gasteiger partial charge in [-0.3, -0.25) is 9.52 Å². The summed E-state index contributed by atoms with van der Waals surface area (Å²) in [7, 11) is -3.81. The summed E-state index contributed by atoms with van der Waals surface area (Å²) in [5, 5.41) is 2.59. The van der Waals surface area contributed by atoms with Crippen molar-refractivity contribution in [1.29, 1.82) is 0 Å². The average molecular weight is 476 g/mol. The van der Waals surface area contributed by atoms with Gasteiger partial charge in [0.1, 0.15) is 11.6 Å². The summed E-state index contributed by atoms with van der Waals surface area (Å²) in [6.07, 6.45) is -3.27. The highest BCUT2D eigenvalue weighted by molar-refractivity contribution is 7.92. The molecule has 0 heterocycles. The van der Waals surface area contributed by atoms with E-state index in [9.17, 15) is 35.2 Å². The van der Waals surface area contributed by atoms with Gasteiger partial charge in [-0.1, -0.05) is 19.1 Å². The van der Waals surface area contributed by atoms with Crippen LogP contribution in [0, 0.1) is 17.6 Å². The minimum absolute atomic E-state index is 0.174. The van der Waals surface area contributed by atoms with Crippen LogP contribution in [-0.4, -0.2) is 20.6 Å². The van der Waals surface area contributed by atoms with Gasteiger partial charge in [0.15, 0.2) is 0 Å². The third-order valence-corrected chi connectivity index (χ3v) is 6.22. The molecule has 1 amide bonds. The summed E-state index contributed by atoms with van der Waals surface area (Å²) in [5.74, 6) is -2.90. The summed E-state index contributed by atoms with van der Waals surface area (Å²) >= 11 is 0. The maximum absolute atomic E-state index is 14.4. The van der Waals surface area contributed by atoms with Crippen molar-refractivity contribution < 1.29 is 35.2 Å². The molecule has 32 heavy (non-hydrogen) atoms. The Morgan fingerprint density at radius 3 is 2.25 bits per heavy atom. The first-order chi connectivity index (χ1) is 14.6. The molecular weight excluding hydrogens is 455 g/mol. The van der Waals surface area contributed by atoms with Crippen LogP contribution in [-0.2, 0) is 26.4 Å². The van der Waals surface area contributed by atoms with E-state index in [0.29, 0.717) is 18.1 Å². The first kappa shape index (κ1) is 24.0. The molecule has 1 unspecified atom stereocenters. The number of amides is 1. The highest BCUT2D eigenvalue weighted by Gasteiger charge is 2.55. The Labute approximate surface area is 182 Å². The monoisotopic (exact) mass is 476 g/mol. The Kier molecular flexibility index (Phi) is 6.01. The molecule has 2 aromatic rings. The Bertz CT molecular complexity index is 1150. The second-order valence-electron chi connectivity index (χ2n) is 8.21. The van der Waals surface area contributed by atoms with E-state index in [-0.39, 0.29) is 5.56 Å². The van der Waals surface area contributed by atoms with Crippen molar-refractivity contribution in [3.05, 3.63) is 64.7 Å². The van der Waals surface area contributed by atoms with Crippen LogP contribution < -0.4 is 10.0 Å². The van der Waals surface area contributed by atoms with Gasteiger partial charge in [0.05, 0.1) is 23.5 Å². The van der Waals surface area contributed by atoms with Crippen LogP contribution >= 0.6 is 0 Å². The fraction of sp³-hybridized carbons (Fsp3) is 0.381. The highest BCUT2D eigenvalue weighted by Crippen LogP contribution is 2.54. The van der Waals surface area contributed by atoms with Gasteiger partial charge in [-0.15, -0.1) is 0 Å². The molecule has 5 nitrogen and oxygen atoms in total.